The van der Waals surface area contributed by atoms with E-state index in [-0.39, 0.29) is 37.4 Å². The van der Waals surface area contributed by atoms with Crippen molar-refractivity contribution in [1.29, 1.82) is 0 Å². The van der Waals surface area contributed by atoms with Crippen molar-refractivity contribution in [3.05, 3.63) is 60.2 Å². The second-order valence-electron chi connectivity index (χ2n) is 10.8. The van der Waals surface area contributed by atoms with Gasteiger partial charge in [-0.1, -0.05) is 93.1 Å². The zero-order valence-electron chi connectivity index (χ0n) is 22.6. The molecule has 0 spiro atoms. The van der Waals surface area contributed by atoms with Gasteiger partial charge in [0.1, 0.15) is 6.04 Å². The van der Waals surface area contributed by atoms with Crippen LogP contribution < -0.4 is 5.43 Å². The normalized spacial score (nSPS) is 19.1. The molecule has 2 aromatic rings. The average molecular weight is 536 g/mol. The number of unbranched alkanes of at least 4 members (excludes halogenated alkanes) is 3. The highest BCUT2D eigenvalue weighted by molar-refractivity contribution is 6.03. The lowest BCUT2D eigenvalue weighted by atomic mass is 9.85. The Morgan fingerprint density at radius 2 is 1.56 bits per heavy atom. The van der Waals surface area contributed by atoms with Crippen molar-refractivity contribution in [3.8, 4) is 11.1 Å². The van der Waals surface area contributed by atoms with Gasteiger partial charge in [-0.3, -0.25) is 14.5 Å². The highest BCUT2D eigenvalue weighted by Crippen LogP contribution is 2.28. The third kappa shape index (κ3) is 7.90. The van der Waals surface area contributed by atoms with E-state index in [0.717, 1.165) is 55.2 Å². The quantitative estimate of drug-likeness (QED) is 0.222. The van der Waals surface area contributed by atoms with Crippen LogP contribution in [-0.4, -0.2) is 56.7 Å². The molecule has 2 aromatic carbocycles. The van der Waals surface area contributed by atoms with Gasteiger partial charge >= 0.3 is 12.0 Å². The SMILES string of the molecule is O=C(O)CCCCCCC1C(=O)N(Cc2ccc(-c3ccccc3)cc2)C(=O)N1NCC(O)C1CCCCC1. The molecular formula is C31H41N3O5. The summed E-state index contributed by atoms with van der Waals surface area (Å²) in [5.74, 6) is -0.824. The second kappa shape index (κ2) is 14.2. The summed E-state index contributed by atoms with van der Waals surface area (Å²) in [6.45, 7) is 0.420. The van der Waals surface area contributed by atoms with Crippen LogP contribution in [0.25, 0.3) is 11.1 Å². The van der Waals surface area contributed by atoms with Gasteiger partial charge in [0, 0.05) is 13.0 Å². The molecule has 2 unspecified atom stereocenters. The van der Waals surface area contributed by atoms with E-state index in [4.69, 9.17) is 5.11 Å². The van der Waals surface area contributed by atoms with Crippen LogP contribution in [0, 0.1) is 5.92 Å². The standard InChI is InChI=1S/C31H41N3O5/c35-28(26-13-7-4-8-14-26)21-32-34-27(15-9-1-2-10-16-29(36)37)30(38)33(31(34)39)22-23-17-19-25(20-18-23)24-11-5-3-6-12-24/h3,5-6,11-12,17-20,26-28,32,35H,1-2,4,7-10,13-16,21-22H2,(H,36,37). The minimum atomic E-state index is -0.800. The predicted molar refractivity (Wildman–Crippen MR) is 149 cm³/mol. The Morgan fingerprint density at radius 3 is 2.26 bits per heavy atom. The molecular weight excluding hydrogens is 494 g/mol. The number of aliphatic hydroxyl groups is 1. The van der Waals surface area contributed by atoms with Crippen LogP contribution in [0.1, 0.15) is 76.2 Å². The molecule has 1 saturated carbocycles. The van der Waals surface area contributed by atoms with Crippen LogP contribution in [-0.2, 0) is 16.1 Å². The number of urea groups is 1. The van der Waals surface area contributed by atoms with Gasteiger partial charge in [0.2, 0.25) is 0 Å². The fraction of sp³-hybridized carbons (Fsp3) is 0.516. The van der Waals surface area contributed by atoms with Gasteiger partial charge in [-0.25, -0.2) is 15.2 Å². The van der Waals surface area contributed by atoms with Gasteiger partial charge in [0.05, 0.1) is 12.6 Å². The molecule has 0 bridgehead atoms. The van der Waals surface area contributed by atoms with Crippen molar-refractivity contribution in [2.45, 2.75) is 89.3 Å². The summed E-state index contributed by atoms with van der Waals surface area (Å²) in [6, 6.07) is 16.9. The number of benzene rings is 2. The maximum Gasteiger partial charge on any atom is 0.342 e. The number of hydrogen-bond acceptors (Lipinski definition) is 5. The number of hydrazine groups is 1. The highest BCUT2D eigenvalue weighted by atomic mass is 16.4. The lowest BCUT2D eigenvalue weighted by Crippen LogP contribution is -2.49. The summed E-state index contributed by atoms with van der Waals surface area (Å²) in [6.07, 6.45) is 8.36. The Balaban J connectivity index is 1.39. The first kappa shape index (κ1) is 28.8. The molecule has 1 aliphatic heterocycles. The lowest BCUT2D eigenvalue weighted by Gasteiger charge is -2.29. The molecule has 2 fully saturated rings. The van der Waals surface area contributed by atoms with Crippen molar-refractivity contribution in [3.63, 3.8) is 0 Å². The van der Waals surface area contributed by atoms with Gasteiger partial charge in [0.15, 0.2) is 0 Å². The number of carboxylic acids is 1. The first-order valence-corrected chi connectivity index (χ1v) is 14.4. The summed E-state index contributed by atoms with van der Waals surface area (Å²) < 4.78 is 0. The fourth-order valence-electron chi connectivity index (χ4n) is 5.68. The third-order valence-electron chi connectivity index (χ3n) is 7.98. The van der Waals surface area contributed by atoms with Crippen LogP contribution in [0.3, 0.4) is 0 Å². The van der Waals surface area contributed by atoms with Crippen molar-refractivity contribution in [2.75, 3.05) is 6.54 Å². The molecule has 1 heterocycles. The molecule has 0 radical (unpaired) electrons. The van der Waals surface area contributed by atoms with Crippen LogP contribution in [0.2, 0.25) is 0 Å². The van der Waals surface area contributed by atoms with Crippen molar-refractivity contribution < 1.29 is 24.6 Å². The lowest BCUT2D eigenvalue weighted by molar-refractivity contribution is -0.137. The van der Waals surface area contributed by atoms with E-state index in [1.54, 1.807) is 0 Å². The van der Waals surface area contributed by atoms with E-state index >= 15 is 0 Å². The average Bonchev–Trinajstić information content (AvgIpc) is 3.18. The fourth-order valence-corrected chi connectivity index (χ4v) is 5.68. The van der Waals surface area contributed by atoms with E-state index in [1.165, 1.54) is 16.3 Å². The number of nitrogens with zero attached hydrogens (tertiary/aromatic N) is 2. The van der Waals surface area contributed by atoms with Crippen LogP contribution >= 0.6 is 0 Å². The molecule has 39 heavy (non-hydrogen) atoms. The monoisotopic (exact) mass is 535 g/mol. The maximum atomic E-state index is 13.5. The van der Waals surface area contributed by atoms with E-state index in [0.29, 0.717) is 19.3 Å². The van der Waals surface area contributed by atoms with Gasteiger partial charge in [-0.15, -0.1) is 0 Å². The Bertz CT molecular complexity index is 1090. The summed E-state index contributed by atoms with van der Waals surface area (Å²) in [5, 5.41) is 21.0. The molecule has 1 aliphatic carbocycles. The molecule has 4 rings (SSSR count). The van der Waals surface area contributed by atoms with Gasteiger partial charge in [-0.05, 0) is 48.3 Å². The number of rotatable bonds is 14. The number of carboxylic acid groups (broad SMARTS) is 1. The molecule has 0 aromatic heterocycles. The molecule has 2 atom stereocenters. The van der Waals surface area contributed by atoms with E-state index in [1.807, 2.05) is 54.6 Å². The minimum Gasteiger partial charge on any atom is -0.481 e. The number of hydrogen-bond donors (Lipinski definition) is 3. The van der Waals surface area contributed by atoms with Gasteiger partial charge < -0.3 is 10.2 Å². The Morgan fingerprint density at radius 1 is 0.897 bits per heavy atom. The van der Waals surface area contributed by atoms with Crippen molar-refractivity contribution >= 4 is 17.9 Å². The van der Waals surface area contributed by atoms with E-state index in [2.05, 4.69) is 5.43 Å². The number of amides is 3. The largest absolute Gasteiger partial charge is 0.481 e. The molecule has 8 nitrogen and oxygen atoms in total. The first-order chi connectivity index (χ1) is 18.9. The minimum absolute atomic E-state index is 0.143. The van der Waals surface area contributed by atoms with Gasteiger partial charge in [0.25, 0.3) is 5.91 Å². The van der Waals surface area contributed by atoms with Crippen molar-refractivity contribution in [2.24, 2.45) is 5.92 Å². The smallest absolute Gasteiger partial charge is 0.342 e. The molecule has 2 aliphatic rings. The number of aliphatic carboxylic acids is 1. The summed E-state index contributed by atoms with van der Waals surface area (Å²) in [5.41, 5.74) is 6.16. The Kier molecular flexibility index (Phi) is 10.5. The summed E-state index contributed by atoms with van der Waals surface area (Å²) in [7, 11) is 0. The van der Waals surface area contributed by atoms with Crippen molar-refractivity contribution in [1.82, 2.24) is 15.3 Å². The first-order valence-electron chi connectivity index (χ1n) is 14.4. The number of nitrogens with one attached hydrogen (secondary N) is 1. The number of aliphatic hydroxyl groups excluding tert-OH is 1. The number of imide groups is 1. The van der Waals surface area contributed by atoms with Crippen LogP contribution in [0.5, 0.6) is 0 Å². The zero-order chi connectivity index (χ0) is 27.6. The second-order valence-corrected chi connectivity index (χ2v) is 10.8. The van der Waals surface area contributed by atoms with E-state index < -0.39 is 18.1 Å². The number of carbonyl (C=O) groups is 3. The van der Waals surface area contributed by atoms with Gasteiger partial charge in [-0.2, -0.15) is 0 Å². The Labute approximate surface area is 231 Å². The topological polar surface area (TPSA) is 110 Å². The Hall–Kier alpha value is -3.23. The molecule has 3 N–H and O–H groups in total. The van der Waals surface area contributed by atoms with Crippen LogP contribution in [0.4, 0.5) is 4.79 Å². The number of carbonyl (C=O) groups excluding carboxylic acids is 2. The van der Waals surface area contributed by atoms with E-state index in [9.17, 15) is 19.5 Å². The molecule has 1 saturated heterocycles. The maximum absolute atomic E-state index is 13.5. The molecule has 210 valence electrons. The summed E-state index contributed by atoms with van der Waals surface area (Å²) in [4.78, 5) is 39.0. The highest BCUT2D eigenvalue weighted by Gasteiger charge is 2.45. The zero-order valence-corrected chi connectivity index (χ0v) is 22.6. The summed E-state index contributed by atoms with van der Waals surface area (Å²) >= 11 is 0. The third-order valence-corrected chi connectivity index (χ3v) is 7.98. The predicted octanol–water partition coefficient (Wildman–Crippen LogP) is 5.36. The van der Waals surface area contributed by atoms with Crippen LogP contribution in [0.15, 0.2) is 54.6 Å². The molecule has 8 heteroatoms. The molecule has 3 amide bonds.